The van der Waals surface area contributed by atoms with Crippen molar-refractivity contribution in [3.05, 3.63) is 71.3 Å². The third-order valence-electron chi connectivity index (χ3n) is 3.10. The minimum Gasteiger partial charge on any atom is -0.166 e. The summed E-state index contributed by atoms with van der Waals surface area (Å²) in [5, 5.41) is 0. The van der Waals surface area contributed by atoms with E-state index in [1.54, 1.807) is 6.07 Å². The summed E-state index contributed by atoms with van der Waals surface area (Å²) in [5.74, 6) is 0. The molecule has 1 atom stereocenters. The molecule has 106 valence electrons. The first-order valence-corrected chi connectivity index (χ1v) is 7.23. The highest BCUT2D eigenvalue weighted by atomic mass is 79.9. The Morgan fingerprint density at radius 1 is 0.950 bits per heavy atom. The molecule has 0 aliphatic rings. The highest BCUT2D eigenvalue weighted by molar-refractivity contribution is 9.09. The molecular weight excluding hydrogens is 329 g/mol. The Bertz CT molecular complexity index is 549. The summed E-state index contributed by atoms with van der Waals surface area (Å²) in [4.78, 5) is 0.151. The van der Waals surface area contributed by atoms with Gasteiger partial charge < -0.3 is 0 Å². The lowest BCUT2D eigenvalue weighted by molar-refractivity contribution is -0.137. The molecule has 0 nitrogen and oxygen atoms in total. The first-order valence-electron chi connectivity index (χ1n) is 6.32. The highest BCUT2D eigenvalue weighted by Gasteiger charge is 2.30. The van der Waals surface area contributed by atoms with E-state index in [0.717, 1.165) is 18.1 Å². The maximum absolute atomic E-state index is 12.6. The van der Waals surface area contributed by atoms with Gasteiger partial charge in [0, 0.05) is 4.83 Å². The van der Waals surface area contributed by atoms with Crippen LogP contribution in [0.5, 0.6) is 0 Å². The Morgan fingerprint density at radius 3 is 2.30 bits per heavy atom. The van der Waals surface area contributed by atoms with E-state index in [0.29, 0.717) is 12.0 Å². The molecule has 0 amide bonds. The Kier molecular flexibility index (Phi) is 4.86. The predicted octanol–water partition coefficient (Wildman–Crippen LogP) is 5.77. The second-order valence-electron chi connectivity index (χ2n) is 4.62. The highest BCUT2D eigenvalue weighted by Crippen LogP contribution is 2.31. The van der Waals surface area contributed by atoms with Crippen LogP contribution in [0.1, 0.15) is 27.9 Å². The SMILES string of the molecule is FC(F)(F)c1cccc(CCC(Br)c2ccccc2)c1. The van der Waals surface area contributed by atoms with Crippen LogP contribution in [0.15, 0.2) is 54.6 Å². The van der Waals surface area contributed by atoms with Gasteiger partial charge in [-0.3, -0.25) is 0 Å². The van der Waals surface area contributed by atoms with Crippen LogP contribution >= 0.6 is 15.9 Å². The average Bonchev–Trinajstić information content (AvgIpc) is 2.45. The van der Waals surface area contributed by atoms with Crippen molar-refractivity contribution in [3.63, 3.8) is 0 Å². The molecule has 4 heteroatoms. The monoisotopic (exact) mass is 342 g/mol. The van der Waals surface area contributed by atoms with Crippen LogP contribution < -0.4 is 0 Å². The second kappa shape index (κ2) is 6.44. The predicted molar refractivity (Wildman–Crippen MR) is 77.9 cm³/mol. The summed E-state index contributed by atoms with van der Waals surface area (Å²) in [7, 11) is 0. The van der Waals surface area contributed by atoms with Gasteiger partial charge in [-0.15, -0.1) is 0 Å². The first-order chi connectivity index (χ1) is 9.47. The molecule has 2 aromatic rings. The number of aryl methyl sites for hydroxylation is 1. The van der Waals surface area contributed by atoms with Gasteiger partial charge in [0.15, 0.2) is 0 Å². The summed E-state index contributed by atoms with van der Waals surface area (Å²) < 4.78 is 37.9. The summed E-state index contributed by atoms with van der Waals surface area (Å²) in [5.41, 5.74) is 1.26. The first kappa shape index (κ1) is 15.1. The van der Waals surface area contributed by atoms with Gasteiger partial charge in [0.25, 0.3) is 0 Å². The lowest BCUT2D eigenvalue weighted by Gasteiger charge is -2.12. The number of hydrogen-bond donors (Lipinski definition) is 0. The molecule has 2 rings (SSSR count). The maximum atomic E-state index is 12.6. The van der Waals surface area contributed by atoms with Crippen LogP contribution in [0.2, 0.25) is 0 Å². The molecule has 0 aliphatic carbocycles. The number of benzene rings is 2. The van der Waals surface area contributed by atoms with E-state index in [-0.39, 0.29) is 4.83 Å². The molecule has 1 unspecified atom stereocenters. The van der Waals surface area contributed by atoms with Crippen LogP contribution in [-0.4, -0.2) is 0 Å². The van der Waals surface area contributed by atoms with E-state index in [1.807, 2.05) is 30.3 Å². The topological polar surface area (TPSA) is 0 Å². The fourth-order valence-electron chi connectivity index (χ4n) is 2.03. The molecule has 0 fully saturated rings. The van der Waals surface area contributed by atoms with Crippen LogP contribution in [0.4, 0.5) is 13.2 Å². The van der Waals surface area contributed by atoms with E-state index in [2.05, 4.69) is 15.9 Å². The van der Waals surface area contributed by atoms with E-state index in [9.17, 15) is 13.2 Å². The molecule has 0 radical (unpaired) electrons. The fraction of sp³-hybridized carbons (Fsp3) is 0.250. The van der Waals surface area contributed by atoms with Gasteiger partial charge in [-0.1, -0.05) is 64.5 Å². The Labute approximate surface area is 124 Å². The summed E-state index contributed by atoms with van der Waals surface area (Å²) in [6.45, 7) is 0. The molecule has 0 aromatic heterocycles. The number of alkyl halides is 4. The Balaban J connectivity index is 2.01. The molecule has 0 bridgehead atoms. The zero-order valence-electron chi connectivity index (χ0n) is 10.7. The van der Waals surface area contributed by atoms with E-state index >= 15 is 0 Å². The molecule has 2 aromatic carbocycles. The summed E-state index contributed by atoms with van der Waals surface area (Å²) in [6.07, 6.45) is -2.91. The van der Waals surface area contributed by atoms with Crippen molar-refractivity contribution in [1.82, 2.24) is 0 Å². The van der Waals surface area contributed by atoms with Crippen LogP contribution in [0.25, 0.3) is 0 Å². The summed E-state index contributed by atoms with van der Waals surface area (Å²) in [6, 6.07) is 15.4. The van der Waals surface area contributed by atoms with Crippen molar-refractivity contribution in [1.29, 1.82) is 0 Å². The van der Waals surface area contributed by atoms with Gasteiger partial charge >= 0.3 is 6.18 Å². The van der Waals surface area contributed by atoms with Crippen LogP contribution in [0, 0.1) is 0 Å². The number of hydrogen-bond acceptors (Lipinski definition) is 0. The third kappa shape index (κ3) is 4.10. The summed E-state index contributed by atoms with van der Waals surface area (Å²) >= 11 is 3.58. The number of rotatable bonds is 4. The van der Waals surface area contributed by atoms with Crippen molar-refractivity contribution in [2.45, 2.75) is 23.8 Å². The molecule has 0 spiro atoms. The van der Waals surface area contributed by atoms with Gasteiger partial charge in [0.05, 0.1) is 5.56 Å². The largest absolute Gasteiger partial charge is 0.416 e. The van der Waals surface area contributed by atoms with Gasteiger partial charge in [-0.05, 0) is 30.0 Å². The van der Waals surface area contributed by atoms with E-state index < -0.39 is 11.7 Å². The Hall–Kier alpha value is -1.29. The van der Waals surface area contributed by atoms with Gasteiger partial charge in [0.1, 0.15) is 0 Å². The van der Waals surface area contributed by atoms with Crippen molar-refractivity contribution >= 4 is 15.9 Å². The van der Waals surface area contributed by atoms with Gasteiger partial charge in [0.2, 0.25) is 0 Å². The van der Waals surface area contributed by atoms with Crippen molar-refractivity contribution in [2.75, 3.05) is 0 Å². The van der Waals surface area contributed by atoms with Crippen molar-refractivity contribution in [2.24, 2.45) is 0 Å². The minimum absolute atomic E-state index is 0.151. The van der Waals surface area contributed by atoms with Crippen molar-refractivity contribution in [3.8, 4) is 0 Å². The second-order valence-corrected chi connectivity index (χ2v) is 5.72. The smallest absolute Gasteiger partial charge is 0.166 e. The third-order valence-corrected chi connectivity index (χ3v) is 4.09. The Morgan fingerprint density at radius 2 is 1.65 bits per heavy atom. The maximum Gasteiger partial charge on any atom is 0.416 e. The molecule has 0 aliphatic heterocycles. The fourth-order valence-corrected chi connectivity index (χ4v) is 2.56. The molecule has 20 heavy (non-hydrogen) atoms. The normalized spacial score (nSPS) is 13.2. The lowest BCUT2D eigenvalue weighted by Crippen LogP contribution is -2.05. The molecule has 0 saturated carbocycles. The molecular formula is C16H14BrF3. The average molecular weight is 343 g/mol. The zero-order chi connectivity index (χ0) is 14.6. The van der Waals surface area contributed by atoms with Crippen LogP contribution in [-0.2, 0) is 12.6 Å². The van der Waals surface area contributed by atoms with Crippen LogP contribution in [0.3, 0.4) is 0 Å². The van der Waals surface area contributed by atoms with E-state index in [1.165, 1.54) is 12.1 Å². The van der Waals surface area contributed by atoms with Gasteiger partial charge in [-0.2, -0.15) is 13.2 Å². The molecule has 0 saturated heterocycles. The molecule has 0 heterocycles. The lowest BCUT2D eigenvalue weighted by atomic mass is 10.0. The van der Waals surface area contributed by atoms with Crippen molar-refractivity contribution < 1.29 is 13.2 Å². The van der Waals surface area contributed by atoms with E-state index in [4.69, 9.17) is 0 Å². The zero-order valence-corrected chi connectivity index (χ0v) is 12.3. The minimum atomic E-state index is -4.27. The standard InChI is InChI=1S/C16H14BrF3/c17-15(13-6-2-1-3-7-13)10-9-12-5-4-8-14(11-12)16(18,19)20/h1-8,11,15H,9-10H2. The number of halogens is 4. The quantitative estimate of drug-likeness (QED) is 0.618. The molecule has 0 N–H and O–H groups in total. The van der Waals surface area contributed by atoms with Gasteiger partial charge in [-0.25, -0.2) is 0 Å².